The van der Waals surface area contributed by atoms with Crippen LogP contribution < -0.4 is 14.8 Å². The van der Waals surface area contributed by atoms with E-state index >= 15 is 0 Å². The first-order chi connectivity index (χ1) is 8.81. The summed E-state index contributed by atoms with van der Waals surface area (Å²) in [5.74, 6) is 1.54. The van der Waals surface area contributed by atoms with Gasteiger partial charge in [-0.15, -0.1) is 0 Å². The van der Waals surface area contributed by atoms with Crippen LogP contribution >= 0.6 is 15.9 Å². The Morgan fingerprint density at radius 1 is 1.33 bits per heavy atom. The normalized spacial score (nSPS) is 13.0. The van der Waals surface area contributed by atoms with E-state index in [1.54, 1.807) is 0 Å². The van der Waals surface area contributed by atoms with Crippen LogP contribution in [0, 0.1) is 0 Å². The maximum Gasteiger partial charge on any atom is 0.231 e. The van der Waals surface area contributed by atoms with Gasteiger partial charge in [0.25, 0.3) is 0 Å². The number of rotatable bonds is 7. The Labute approximate surface area is 114 Å². The Morgan fingerprint density at radius 3 is 3.06 bits per heavy atom. The number of halogens is 1. The van der Waals surface area contributed by atoms with Gasteiger partial charge in [0.15, 0.2) is 11.5 Å². The van der Waals surface area contributed by atoms with Crippen LogP contribution in [0.4, 0.5) is 0 Å². The lowest BCUT2D eigenvalue weighted by Crippen LogP contribution is -2.20. The van der Waals surface area contributed by atoms with E-state index in [9.17, 15) is 0 Å². The molecule has 0 radical (unpaired) electrons. The summed E-state index contributed by atoms with van der Waals surface area (Å²) in [4.78, 5) is 0. The number of aliphatic hydroxyl groups is 1. The van der Waals surface area contributed by atoms with Crippen molar-refractivity contribution in [3.63, 3.8) is 0 Å². The van der Waals surface area contributed by atoms with Gasteiger partial charge in [-0.25, -0.2) is 0 Å². The van der Waals surface area contributed by atoms with Crippen molar-refractivity contribution in [2.24, 2.45) is 0 Å². The lowest BCUT2D eigenvalue weighted by molar-refractivity contribution is 0.0938. The topological polar surface area (TPSA) is 60.0 Å². The van der Waals surface area contributed by atoms with E-state index in [2.05, 4.69) is 21.2 Å². The molecule has 5 nitrogen and oxygen atoms in total. The lowest BCUT2D eigenvalue weighted by Gasteiger charge is -2.07. The molecular weight excluding hydrogens is 302 g/mol. The van der Waals surface area contributed by atoms with Gasteiger partial charge < -0.3 is 24.6 Å². The van der Waals surface area contributed by atoms with E-state index in [1.807, 2.05) is 12.1 Å². The molecule has 18 heavy (non-hydrogen) atoms. The molecule has 0 spiro atoms. The molecular formula is C12H16BrNO4. The van der Waals surface area contributed by atoms with Crippen molar-refractivity contribution in [3.8, 4) is 11.5 Å². The summed E-state index contributed by atoms with van der Waals surface area (Å²) in [6.07, 6.45) is 0. The molecule has 2 rings (SSSR count). The first-order valence-corrected chi connectivity index (χ1v) is 6.58. The zero-order valence-corrected chi connectivity index (χ0v) is 11.5. The quantitative estimate of drug-likeness (QED) is 0.742. The van der Waals surface area contributed by atoms with Gasteiger partial charge in [0.2, 0.25) is 6.79 Å². The monoisotopic (exact) mass is 317 g/mol. The average Bonchev–Trinajstić information content (AvgIpc) is 2.82. The third-order valence-electron chi connectivity index (χ3n) is 2.47. The minimum Gasteiger partial charge on any atom is -0.454 e. The molecule has 0 fully saturated rings. The molecule has 1 aliphatic heterocycles. The smallest absolute Gasteiger partial charge is 0.231 e. The van der Waals surface area contributed by atoms with Crippen LogP contribution in [0.3, 0.4) is 0 Å². The Bertz CT molecular complexity index is 400. The first-order valence-electron chi connectivity index (χ1n) is 5.78. The maximum atomic E-state index is 8.54. The number of fused-ring (bicyclic) bond motifs is 1. The van der Waals surface area contributed by atoms with E-state index in [-0.39, 0.29) is 13.4 Å². The van der Waals surface area contributed by atoms with Gasteiger partial charge >= 0.3 is 0 Å². The molecule has 6 heteroatoms. The summed E-state index contributed by atoms with van der Waals surface area (Å²) in [7, 11) is 0. The zero-order valence-electron chi connectivity index (χ0n) is 9.95. The van der Waals surface area contributed by atoms with E-state index in [0.29, 0.717) is 13.2 Å². The van der Waals surface area contributed by atoms with Crippen LogP contribution in [-0.4, -0.2) is 38.3 Å². The fourth-order valence-electron chi connectivity index (χ4n) is 1.67. The first kappa shape index (κ1) is 13.6. The number of hydrogen-bond donors (Lipinski definition) is 2. The largest absolute Gasteiger partial charge is 0.454 e. The Morgan fingerprint density at radius 2 is 2.22 bits per heavy atom. The molecule has 100 valence electrons. The third-order valence-corrected chi connectivity index (χ3v) is 3.06. The van der Waals surface area contributed by atoms with Crippen molar-refractivity contribution in [1.82, 2.24) is 5.32 Å². The molecule has 0 atom stereocenters. The molecule has 0 saturated heterocycles. The van der Waals surface area contributed by atoms with Crippen molar-refractivity contribution in [1.29, 1.82) is 0 Å². The van der Waals surface area contributed by atoms with Crippen LogP contribution in [0.5, 0.6) is 11.5 Å². The summed E-state index contributed by atoms with van der Waals surface area (Å²) >= 11 is 3.46. The summed E-state index contributed by atoms with van der Waals surface area (Å²) < 4.78 is 16.7. The van der Waals surface area contributed by atoms with Gasteiger partial charge in [-0.3, -0.25) is 0 Å². The van der Waals surface area contributed by atoms with E-state index < -0.39 is 0 Å². The van der Waals surface area contributed by atoms with Crippen LogP contribution in [-0.2, 0) is 11.3 Å². The van der Waals surface area contributed by atoms with Gasteiger partial charge in [0.05, 0.1) is 24.3 Å². The molecule has 1 aromatic carbocycles. The highest BCUT2D eigenvalue weighted by Gasteiger charge is 2.17. The highest BCUT2D eigenvalue weighted by molar-refractivity contribution is 9.10. The summed E-state index contributed by atoms with van der Waals surface area (Å²) in [6.45, 7) is 2.79. The van der Waals surface area contributed by atoms with Crippen molar-refractivity contribution in [2.75, 3.05) is 33.2 Å². The maximum absolute atomic E-state index is 8.54. The molecule has 0 unspecified atom stereocenters. The molecule has 1 aromatic rings. The van der Waals surface area contributed by atoms with E-state index in [4.69, 9.17) is 19.3 Å². The predicted molar refractivity (Wildman–Crippen MR) is 69.9 cm³/mol. The van der Waals surface area contributed by atoms with Crippen LogP contribution in [0.1, 0.15) is 5.56 Å². The Balaban J connectivity index is 1.78. The molecule has 0 amide bonds. The molecule has 0 saturated carbocycles. The standard InChI is InChI=1S/C12H16BrNO4/c13-10-5-9(6-11-12(10)18-8-17-11)7-14-1-3-16-4-2-15/h5-6,14-15H,1-4,7-8H2. The highest BCUT2D eigenvalue weighted by atomic mass is 79.9. The second-order valence-corrected chi connectivity index (χ2v) is 4.68. The van der Waals surface area contributed by atoms with Gasteiger partial charge in [0.1, 0.15) is 0 Å². The minimum atomic E-state index is 0.0646. The SMILES string of the molecule is OCCOCCNCc1cc(Br)c2c(c1)OCO2. The summed E-state index contributed by atoms with van der Waals surface area (Å²) in [5, 5.41) is 11.8. The second kappa shape index (κ2) is 6.94. The number of nitrogens with one attached hydrogen (secondary N) is 1. The van der Waals surface area contributed by atoms with E-state index in [1.165, 1.54) is 0 Å². The summed E-state index contributed by atoms with van der Waals surface area (Å²) in [6, 6.07) is 3.98. The highest BCUT2D eigenvalue weighted by Crippen LogP contribution is 2.39. The number of aliphatic hydroxyl groups excluding tert-OH is 1. The fourth-order valence-corrected chi connectivity index (χ4v) is 2.27. The van der Waals surface area contributed by atoms with Gasteiger partial charge in [-0.2, -0.15) is 0 Å². The number of ether oxygens (including phenoxy) is 3. The number of benzene rings is 1. The third kappa shape index (κ3) is 3.58. The predicted octanol–water partition coefficient (Wildman–Crippen LogP) is 1.28. The van der Waals surface area contributed by atoms with Crippen molar-refractivity contribution < 1.29 is 19.3 Å². The van der Waals surface area contributed by atoms with E-state index in [0.717, 1.165) is 34.6 Å². The molecule has 2 N–H and O–H groups in total. The molecule has 0 bridgehead atoms. The van der Waals surface area contributed by atoms with Crippen molar-refractivity contribution in [3.05, 3.63) is 22.2 Å². The number of hydrogen-bond acceptors (Lipinski definition) is 5. The van der Waals surface area contributed by atoms with Crippen LogP contribution in [0.25, 0.3) is 0 Å². The van der Waals surface area contributed by atoms with Crippen molar-refractivity contribution in [2.45, 2.75) is 6.54 Å². The Hall–Kier alpha value is -0.820. The van der Waals surface area contributed by atoms with Gasteiger partial charge in [0, 0.05) is 13.1 Å². The average molecular weight is 318 g/mol. The molecule has 1 aliphatic rings. The van der Waals surface area contributed by atoms with Crippen molar-refractivity contribution >= 4 is 15.9 Å². The summed E-state index contributed by atoms with van der Waals surface area (Å²) in [5.41, 5.74) is 1.12. The van der Waals surface area contributed by atoms with Crippen LogP contribution in [0.15, 0.2) is 16.6 Å². The van der Waals surface area contributed by atoms with Gasteiger partial charge in [-0.05, 0) is 33.6 Å². The molecule has 0 aliphatic carbocycles. The molecule has 0 aromatic heterocycles. The Kier molecular flexibility index (Phi) is 5.25. The zero-order chi connectivity index (χ0) is 12.8. The van der Waals surface area contributed by atoms with Gasteiger partial charge in [-0.1, -0.05) is 0 Å². The van der Waals surface area contributed by atoms with Crippen LogP contribution in [0.2, 0.25) is 0 Å². The fraction of sp³-hybridized carbons (Fsp3) is 0.500. The molecule has 1 heterocycles. The minimum absolute atomic E-state index is 0.0646. The lowest BCUT2D eigenvalue weighted by atomic mass is 10.2. The second-order valence-electron chi connectivity index (χ2n) is 3.82.